The van der Waals surface area contributed by atoms with Crippen molar-refractivity contribution >= 4 is 23.5 Å². The molecule has 2 unspecified atom stereocenters. The molecule has 6 heteroatoms. The molecule has 0 bridgehead atoms. The van der Waals surface area contributed by atoms with Gasteiger partial charge in [-0.15, -0.1) is 0 Å². The van der Waals surface area contributed by atoms with Crippen molar-refractivity contribution in [1.29, 1.82) is 0 Å². The van der Waals surface area contributed by atoms with E-state index in [4.69, 9.17) is 10.8 Å². The first-order chi connectivity index (χ1) is 8.82. The van der Waals surface area contributed by atoms with Gasteiger partial charge in [-0.2, -0.15) is 0 Å². The fourth-order valence-electron chi connectivity index (χ4n) is 1.45. The average molecular weight is 264 g/mol. The molecule has 0 aromatic heterocycles. The van der Waals surface area contributed by atoms with Gasteiger partial charge >= 0.3 is 5.97 Å². The highest BCUT2D eigenvalue weighted by atomic mass is 16.4. The molecule has 1 rings (SSSR count). The lowest BCUT2D eigenvalue weighted by atomic mass is 9.95. The number of primary amides is 1. The van der Waals surface area contributed by atoms with Crippen molar-refractivity contribution in [3.8, 4) is 0 Å². The van der Waals surface area contributed by atoms with Gasteiger partial charge in [-0.25, -0.2) is 0 Å². The standard InChI is InChI=1S/C13H16N2O4/c1-7(8(2)13(18)19)12(17)15-10-5-3-4-9(6-10)11(14)16/h3-8H,1-2H3,(H2,14,16)(H,15,17)(H,18,19). The Labute approximate surface area is 110 Å². The number of carbonyl (C=O) groups excluding carboxylic acids is 2. The predicted octanol–water partition coefficient (Wildman–Crippen LogP) is 1.08. The Kier molecular flexibility index (Phi) is 4.63. The van der Waals surface area contributed by atoms with Gasteiger partial charge < -0.3 is 16.2 Å². The Bertz CT molecular complexity index is 513. The fraction of sp³-hybridized carbons (Fsp3) is 0.308. The molecule has 0 fully saturated rings. The normalized spacial score (nSPS) is 13.4. The lowest BCUT2D eigenvalue weighted by Crippen LogP contribution is -2.30. The summed E-state index contributed by atoms with van der Waals surface area (Å²) in [5.41, 5.74) is 5.81. The highest BCUT2D eigenvalue weighted by Gasteiger charge is 2.25. The van der Waals surface area contributed by atoms with Crippen LogP contribution in [0.3, 0.4) is 0 Å². The minimum atomic E-state index is -1.03. The molecule has 0 aliphatic rings. The summed E-state index contributed by atoms with van der Waals surface area (Å²) in [6, 6.07) is 6.16. The van der Waals surface area contributed by atoms with Crippen LogP contribution < -0.4 is 11.1 Å². The summed E-state index contributed by atoms with van der Waals surface area (Å²) in [4.78, 5) is 33.7. The monoisotopic (exact) mass is 264 g/mol. The molecular weight excluding hydrogens is 248 g/mol. The van der Waals surface area contributed by atoms with Crippen LogP contribution in [0.1, 0.15) is 24.2 Å². The van der Waals surface area contributed by atoms with Crippen LogP contribution in [-0.2, 0) is 9.59 Å². The van der Waals surface area contributed by atoms with Crippen molar-refractivity contribution in [2.24, 2.45) is 17.6 Å². The first-order valence-electron chi connectivity index (χ1n) is 5.76. The second-order valence-corrected chi connectivity index (χ2v) is 4.35. The number of anilines is 1. The quantitative estimate of drug-likeness (QED) is 0.739. The minimum Gasteiger partial charge on any atom is -0.481 e. The summed E-state index contributed by atoms with van der Waals surface area (Å²) < 4.78 is 0. The maximum Gasteiger partial charge on any atom is 0.307 e. The third-order valence-electron chi connectivity index (χ3n) is 2.97. The van der Waals surface area contributed by atoms with Gasteiger partial charge in [0.1, 0.15) is 0 Å². The highest BCUT2D eigenvalue weighted by Crippen LogP contribution is 2.16. The summed E-state index contributed by atoms with van der Waals surface area (Å²) in [6.07, 6.45) is 0. The van der Waals surface area contributed by atoms with E-state index in [9.17, 15) is 14.4 Å². The number of carbonyl (C=O) groups is 3. The van der Waals surface area contributed by atoms with E-state index < -0.39 is 29.6 Å². The van der Waals surface area contributed by atoms with Gasteiger partial charge in [-0.05, 0) is 18.2 Å². The van der Waals surface area contributed by atoms with Crippen LogP contribution in [0.15, 0.2) is 24.3 Å². The van der Waals surface area contributed by atoms with Crippen LogP contribution in [0, 0.1) is 11.8 Å². The lowest BCUT2D eigenvalue weighted by Gasteiger charge is -2.15. The van der Waals surface area contributed by atoms with E-state index >= 15 is 0 Å². The molecule has 0 aliphatic heterocycles. The molecule has 102 valence electrons. The summed E-state index contributed by atoms with van der Waals surface area (Å²) in [5.74, 6) is -3.53. The number of nitrogens with one attached hydrogen (secondary N) is 1. The van der Waals surface area contributed by atoms with Gasteiger partial charge in [0.25, 0.3) is 0 Å². The van der Waals surface area contributed by atoms with Crippen molar-refractivity contribution < 1.29 is 19.5 Å². The number of aliphatic carboxylic acids is 1. The summed E-state index contributed by atoms with van der Waals surface area (Å²) in [6.45, 7) is 3.00. The Balaban J connectivity index is 2.79. The van der Waals surface area contributed by atoms with E-state index in [-0.39, 0.29) is 5.56 Å². The number of benzene rings is 1. The maximum atomic E-state index is 11.8. The molecule has 0 radical (unpaired) electrons. The van der Waals surface area contributed by atoms with Crippen LogP contribution in [0.4, 0.5) is 5.69 Å². The molecule has 0 heterocycles. The fourth-order valence-corrected chi connectivity index (χ4v) is 1.45. The van der Waals surface area contributed by atoms with Crippen LogP contribution in [0.25, 0.3) is 0 Å². The van der Waals surface area contributed by atoms with Gasteiger partial charge in [0.15, 0.2) is 0 Å². The molecule has 2 amide bonds. The van der Waals surface area contributed by atoms with Gasteiger partial charge in [0.05, 0.1) is 5.92 Å². The topological polar surface area (TPSA) is 109 Å². The Morgan fingerprint density at radius 1 is 1.21 bits per heavy atom. The van der Waals surface area contributed by atoms with E-state index in [2.05, 4.69) is 5.32 Å². The number of rotatable bonds is 5. The lowest BCUT2D eigenvalue weighted by molar-refractivity contribution is -0.145. The summed E-state index contributed by atoms with van der Waals surface area (Å²) in [7, 11) is 0. The van der Waals surface area contributed by atoms with E-state index in [0.29, 0.717) is 5.69 Å². The van der Waals surface area contributed by atoms with Crippen LogP contribution in [0.2, 0.25) is 0 Å². The van der Waals surface area contributed by atoms with Gasteiger partial charge in [0, 0.05) is 17.2 Å². The number of carboxylic acid groups (broad SMARTS) is 1. The highest BCUT2D eigenvalue weighted by molar-refractivity contribution is 5.97. The smallest absolute Gasteiger partial charge is 0.307 e. The van der Waals surface area contributed by atoms with E-state index in [1.807, 2.05) is 0 Å². The van der Waals surface area contributed by atoms with Crippen molar-refractivity contribution in [2.75, 3.05) is 5.32 Å². The van der Waals surface area contributed by atoms with Gasteiger partial charge in [-0.1, -0.05) is 19.9 Å². The summed E-state index contributed by atoms with van der Waals surface area (Å²) in [5, 5.41) is 11.4. The molecule has 0 saturated heterocycles. The Hall–Kier alpha value is -2.37. The first-order valence-corrected chi connectivity index (χ1v) is 5.76. The molecule has 6 nitrogen and oxygen atoms in total. The molecule has 0 spiro atoms. The first kappa shape index (κ1) is 14.7. The van der Waals surface area contributed by atoms with Crippen molar-refractivity contribution in [3.63, 3.8) is 0 Å². The van der Waals surface area contributed by atoms with Gasteiger partial charge in [0.2, 0.25) is 11.8 Å². The van der Waals surface area contributed by atoms with Crippen LogP contribution >= 0.6 is 0 Å². The number of hydrogen-bond acceptors (Lipinski definition) is 3. The minimum absolute atomic E-state index is 0.275. The zero-order valence-electron chi connectivity index (χ0n) is 10.7. The van der Waals surface area contributed by atoms with Crippen molar-refractivity contribution in [2.45, 2.75) is 13.8 Å². The molecular formula is C13H16N2O4. The Morgan fingerprint density at radius 2 is 1.84 bits per heavy atom. The molecule has 4 N–H and O–H groups in total. The van der Waals surface area contributed by atoms with Gasteiger partial charge in [-0.3, -0.25) is 14.4 Å². The van der Waals surface area contributed by atoms with E-state index in [1.165, 1.54) is 26.0 Å². The number of nitrogens with two attached hydrogens (primary N) is 1. The molecule has 0 saturated carbocycles. The molecule has 1 aromatic carbocycles. The second kappa shape index (κ2) is 5.99. The largest absolute Gasteiger partial charge is 0.481 e. The maximum absolute atomic E-state index is 11.8. The zero-order valence-corrected chi connectivity index (χ0v) is 10.7. The number of amides is 2. The average Bonchev–Trinajstić information content (AvgIpc) is 2.37. The predicted molar refractivity (Wildman–Crippen MR) is 69.6 cm³/mol. The van der Waals surface area contributed by atoms with Crippen LogP contribution in [0.5, 0.6) is 0 Å². The molecule has 1 aromatic rings. The SMILES string of the molecule is CC(C(=O)O)C(C)C(=O)Nc1cccc(C(N)=O)c1. The van der Waals surface area contributed by atoms with E-state index in [0.717, 1.165) is 0 Å². The number of hydrogen-bond donors (Lipinski definition) is 3. The van der Waals surface area contributed by atoms with E-state index in [1.54, 1.807) is 12.1 Å². The molecule has 19 heavy (non-hydrogen) atoms. The third-order valence-corrected chi connectivity index (χ3v) is 2.97. The number of carboxylic acids is 1. The van der Waals surface area contributed by atoms with Crippen molar-refractivity contribution in [1.82, 2.24) is 0 Å². The molecule has 2 atom stereocenters. The molecule has 0 aliphatic carbocycles. The third kappa shape index (κ3) is 3.80. The van der Waals surface area contributed by atoms with Crippen molar-refractivity contribution in [3.05, 3.63) is 29.8 Å². The van der Waals surface area contributed by atoms with Crippen LogP contribution in [-0.4, -0.2) is 22.9 Å². The summed E-state index contributed by atoms with van der Waals surface area (Å²) >= 11 is 0. The Morgan fingerprint density at radius 3 is 2.37 bits per heavy atom. The zero-order chi connectivity index (χ0) is 14.6. The second-order valence-electron chi connectivity index (χ2n) is 4.35.